The Hall–Kier alpha value is 0.107. The second kappa shape index (κ2) is 11.8. The average Bonchev–Trinajstić information content (AvgIpc) is 2.61. The quantitative estimate of drug-likeness (QED) is 0.193. The zero-order valence-electron chi connectivity index (χ0n) is 16.0. The fraction of sp³-hybridized carbons (Fsp3) is 0.714. The summed E-state index contributed by atoms with van der Waals surface area (Å²) in [5.41, 5.74) is 1.49. The molecule has 5 heteroatoms. The van der Waals surface area contributed by atoms with Gasteiger partial charge in [-0.15, -0.1) is 33.2 Å². The van der Waals surface area contributed by atoms with Crippen LogP contribution in [0.15, 0.2) is 24.3 Å². The highest BCUT2D eigenvalue weighted by Gasteiger charge is 2.23. The molecule has 1 fully saturated rings. The first kappa shape index (κ1) is 22.4. The van der Waals surface area contributed by atoms with Crippen molar-refractivity contribution in [3.05, 3.63) is 29.8 Å². The molecule has 0 aromatic heterocycles. The van der Waals surface area contributed by atoms with E-state index in [-0.39, 0.29) is 0 Å². The average molecular weight is 436 g/mol. The summed E-state index contributed by atoms with van der Waals surface area (Å²) in [6.45, 7) is 3.07. The maximum atomic E-state index is 5.89. The Bertz CT molecular complexity index is 493. The first-order chi connectivity index (χ1) is 12.5. The van der Waals surface area contributed by atoms with Gasteiger partial charge in [-0.1, -0.05) is 51.2 Å². The smallest absolute Gasteiger partial charge is 0.341 e. The molecule has 1 aromatic rings. The molecule has 2 rings (SSSR count). The maximum absolute atomic E-state index is 5.89. The molecule has 26 heavy (non-hydrogen) atoms. The van der Waals surface area contributed by atoms with E-state index < -0.39 is 6.00 Å². The molecular weight excluding hydrogens is 403 g/mol. The Morgan fingerprint density at radius 3 is 2.19 bits per heavy atom. The van der Waals surface area contributed by atoms with Crippen LogP contribution in [0.1, 0.15) is 82.6 Å². The Labute approximate surface area is 174 Å². The fourth-order valence-electron chi connectivity index (χ4n) is 4.00. The van der Waals surface area contributed by atoms with Gasteiger partial charge < -0.3 is 4.74 Å². The van der Waals surface area contributed by atoms with Gasteiger partial charge in [0.2, 0.25) is 0 Å². The number of benzene rings is 1. The molecule has 148 valence electrons. The number of rotatable bonds is 11. The van der Waals surface area contributed by atoms with Crippen molar-refractivity contribution in [2.24, 2.45) is 5.92 Å². The van der Waals surface area contributed by atoms with Crippen LogP contribution in [-0.4, -0.2) is 12.6 Å². The molecule has 1 saturated carbocycles. The minimum absolute atomic E-state index is 0.749. The van der Waals surface area contributed by atoms with E-state index in [1.54, 1.807) is 0 Å². The van der Waals surface area contributed by atoms with Crippen LogP contribution in [0.25, 0.3) is 0 Å². The normalized spacial score (nSPS) is 20.9. The van der Waals surface area contributed by atoms with E-state index in [4.69, 9.17) is 38.0 Å². The second-order valence-electron chi connectivity index (χ2n) is 7.70. The van der Waals surface area contributed by atoms with Crippen LogP contribution in [0.4, 0.5) is 0 Å². The molecule has 0 N–H and O–H groups in total. The molecule has 0 amide bonds. The molecule has 1 aliphatic carbocycles. The molecule has 0 spiro atoms. The third-order valence-electron chi connectivity index (χ3n) is 5.52. The van der Waals surface area contributed by atoms with Gasteiger partial charge in [0.05, 0.1) is 6.61 Å². The molecule has 0 unspecified atom stereocenters. The standard InChI is InChI=1S/C21H33Cl3OSi/c1-2-7-18-8-10-19(11-9-18)20-12-14-21(15-13-20)25-16-5-3-4-6-17-26(22,23)24/h12-15,18-19H,2-11,16-17H2,1H3. The van der Waals surface area contributed by atoms with Crippen molar-refractivity contribution < 1.29 is 4.74 Å². The highest BCUT2D eigenvalue weighted by atomic mass is 35.8. The van der Waals surface area contributed by atoms with Gasteiger partial charge in [0.15, 0.2) is 0 Å². The minimum Gasteiger partial charge on any atom is -0.494 e. The van der Waals surface area contributed by atoms with Crippen LogP contribution in [0.3, 0.4) is 0 Å². The van der Waals surface area contributed by atoms with E-state index in [1.807, 2.05) is 0 Å². The molecule has 0 heterocycles. The van der Waals surface area contributed by atoms with Gasteiger partial charge in [-0.3, -0.25) is 0 Å². The first-order valence-corrected chi connectivity index (χ1v) is 15.5. The predicted octanol–water partition coefficient (Wildman–Crippen LogP) is 8.36. The Morgan fingerprint density at radius 2 is 1.58 bits per heavy atom. The lowest BCUT2D eigenvalue weighted by atomic mass is 9.77. The van der Waals surface area contributed by atoms with Gasteiger partial charge >= 0.3 is 6.00 Å². The van der Waals surface area contributed by atoms with Crippen LogP contribution < -0.4 is 4.74 Å². The summed E-state index contributed by atoms with van der Waals surface area (Å²) in [7, 11) is 0. The molecular formula is C21H33Cl3OSi. The van der Waals surface area contributed by atoms with Crippen LogP contribution in [-0.2, 0) is 0 Å². The zero-order chi connectivity index (χ0) is 18.8. The van der Waals surface area contributed by atoms with Crippen LogP contribution >= 0.6 is 33.2 Å². The van der Waals surface area contributed by atoms with E-state index in [0.29, 0.717) is 0 Å². The number of halogens is 3. The van der Waals surface area contributed by atoms with Gasteiger partial charge in [0.1, 0.15) is 5.75 Å². The van der Waals surface area contributed by atoms with Crippen LogP contribution in [0.2, 0.25) is 6.04 Å². The first-order valence-electron chi connectivity index (χ1n) is 10.3. The van der Waals surface area contributed by atoms with Crippen molar-refractivity contribution >= 4 is 39.2 Å². The topological polar surface area (TPSA) is 9.23 Å². The lowest BCUT2D eigenvalue weighted by Crippen LogP contribution is -2.13. The molecule has 0 atom stereocenters. The zero-order valence-corrected chi connectivity index (χ0v) is 19.3. The summed E-state index contributed by atoms with van der Waals surface area (Å²) in [6, 6.07) is 7.16. The lowest BCUT2D eigenvalue weighted by Gasteiger charge is -2.28. The number of hydrogen-bond acceptors (Lipinski definition) is 1. The van der Waals surface area contributed by atoms with Gasteiger partial charge in [0, 0.05) is 0 Å². The number of unbranched alkanes of at least 4 members (excludes halogenated alkanes) is 3. The summed E-state index contributed by atoms with van der Waals surface area (Å²) in [5, 5.41) is 0. The van der Waals surface area contributed by atoms with Gasteiger partial charge in [-0.05, 0) is 67.7 Å². The Kier molecular flexibility index (Phi) is 10.2. The van der Waals surface area contributed by atoms with Gasteiger partial charge in [0.25, 0.3) is 0 Å². The summed E-state index contributed by atoms with van der Waals surface area (Å²) in [4.78, 5) is 0. The van der Waals surface area contributed by atoms with Crippen LogP contribution in [0, 0.1) is 5.92 Å². The summed E-state index contributed by atoms with van der Waals surface area (Å²) in [6.07, 6.45) is 12.6. The molecule has 0 radical (unpaired) electrons. The van der Waals surface area contributed by atoms with Crippen molar-refractivity contribution in [3.8, 4) is 5.75 Å². The molecule has 1 aliphatic rings. The van der Waals surface area contributed by atoms with E-state index >= 15 is 0 Å². The van der Waals surface area contributed by atoms with Crippen molar-refractivity contribution in [2.75, 3.05) is 6.61 Å². The van der Waals surface area contributed by atoms with Crippen molar-refractivity contribution in [1.82, 2.24) is 0 Å². The second-order valence-corrected chi connectivity index (χ2v) is 17.0. The Morgan fingerprint density at radius 1 is 0.923 bits per heavy atom. The summed E-state index contributed by atoms with van der Waals surface area (Å²) >= 11 is 17.7. The van der Waals surface area contributed by atoms with Crippen LogP contribution in [0.5, 0.6) is 5.75 Å². The summed E-state index contributed by atoms with van der Waals surface area (Å²) in [5.74, 6) is 2.71. The Balaban J connectivity index is 1.61. The lowest BCUT2D eigenvalue weighted by molar-refractivity contribution is 0.302. The van der Waals surface area contributed by atoms with E-state index in [2.05, 4.69) is 31.2 Å². The minimum atomic E-state index is -2.42. The molecule has 1 nitrogen and oxygen atoms in total. The van der Waals surface area contributed by atoms with E-state index in [9.17, 15) is 0 Å². The van der Waals surface area contributed by atoms with Gasteiger partial charge in [-0.25, -0.2) is 0 Å². The monoisotopic (exact) mass is 434 g/mol. The molecule has 0 aliphatic heterocycles. The highest BCUT2D eigenvalue weighted by molar-refractivity contribution is 7.64. The maximum Gasteiger partial charge on any atom is 0.341 e. The largest absolute Gasteiger partial charge is 0.494 e. The van der Waals surface area contributed by atoms with Crippen molar-refractivity contribution in [3.63, 3.8) is 0 Å². The highest BCUT2D eigenvalue weighted by Crippen LogP contribution is 2.37. The third kappa shape index (κ3) is 8.86. The van der Waals surface area contributed by atoms with E-state index in [1.165, 1.54) is 44.1 Å². The molecule has 0 saturated heterocycles. The molecule has 1 aromatic carbocycles. The van der Waals surface area contributed by atoms with E-state index in [0.717, 1.165) is 55.9 Å². The SMILES string of the molecule is CCCC1CCC(c2ccc(OCCCCCC[Si](Cl)(Cl)Cl)cc2)CC1. The van der Waals surface area contributed by atoms with Gasteiger partial charge in [-0.2, -0.15) is 0 Å². The predicted molar refractivity (Wildman–Crippen MR) is 118 cm³/mol. The summed E-state index contributed by atoms with van der Waals surface area (Å²) < 4.78 is 5.88. The third-order valence-corrected chi connectivity index (χ3v) is 8.14. The number of ether oxygens (including phenoxy) is 1. The van der Waals surface area contributed by atoms with Crippen molar-refractivity contribution in [2.45, 2.75) is 83.1 Å². The number of hydrogen-bond donors (Lipinski definition) is 0. The van der Waals surface area contributed by atoms with Crippen molar-refractivity contribution in [1.29, 1.82) is 0 Å². The fourth-order valence-corrected chi connectivity index (χ4v) is 5.85. The molecule has 0 bridgehead atoms.